The van der Waals surface area contributed by atoms with Crippen molar-refractivity contribution in [3.8, 4) is 0 Å². The van der Waals surface area contributed by atoms with Gasteiger partial charge in [-0.25, -0.2) is 4.98 Å². The lowest BCUT2D eigenvalue weighted by Crippen LogP contribution is -2.19. The molecule has 0 aliphatic carbocycles. The Morgan fingerprint density at radius 2 is 1.95 bits per heavy atom. The van der Waals surface area contributed by atoms with Gasteiger partial charge < -0.3 is 9.73 Å². The second-order valence-electron chi connectivity index (χ2n) is 7.32. The fraction of sp³-hybridized carbons (Fsp3) is 0.812. The molecule has 110 valence electrons. The molecule has 3 nitrogen and oxygen atoms in total. The number of oxazole rings is 1. The van der Waals surface area contributed by atoms with Crippen LogP contribution in [0.2, 0.25) is 0 Å². The number of aromatic nitrogens is 1. The summed E-state index contributed by atoms with van der Waals surface area (Å²) >= 11 is 0. The summed E-state index contributed by atoms with van der Waals surface area (Å²) in [5, 5.41) is 3.35. The van der Waals surface area contributed by atoms with Crippen LogP contribution in [0.5, 0.6) is 0 Å². The highest BCUT2D eigenvalue weighted by Crippen LogP contribution is 2.26. The fourth-order valence-electron chi connectivity index (χ4n) is 2.45. The van der Waals surface area contributed by atoms with Crippen LogP contribution < -0.4 is 5.32 Å². The van der Waals surface area contributed by atoms with Gasteiger partial charge in [-0.2, -0.15) is 0 Å². The van der Waals surface area contributed by atoms with E-state index in [1.807, 2.05) is 6.20 Å². The van der Waals surface area contributed by atoms with Gasteiger partial charge in [0.2, 0.25) is 5.89 Å². The molecule has 0 spiro atoms. The molecular formula is C16H30N2O. The molecule has 0 aliphatic heterocycles. The van der Waals surface area contributed by atoms with E-state index >= 15 is 0 Å². The quantitative estimate of drug-likeness (QED) is 0.809. The fourth-order valence-corrected chi connectivity index (χ4v) is 2.45. The maximum atomic E-state index is 5.78. The molecule has 1 unspecified atom stereocenters. The van der Waals surface area contributed by atoms with Crippen molar-refractivity contribution < 1.29 is 4.42 Å². The van der Waals surface area contributed by atoms with E-state index in [-0.39, 0.29) is 0 Å². The molecular weight excluding hydrogens is 236 g/mol. The summed E-state index contributed by atoms with van der Waals surface area (Å²) in [6.45, 7) is 15.3. The highest BCUT2D eigenvalue weighted by atomic mass is 16.4. The number of rotatable bonds is 7. The van der Waals surface area contributed by atoms with E-state index in [4.69, 9.17) is 4.42 Å². The molecule has 0 bridgehead atoms. The molecule has 1 rings (SSSR count). The van der Waals surface area contributed by atoms with Crippen molar-refractivity contribution in [2.24, 2.45) is 17.3 Å². The van der Waals surface area contributed by atoms with Crippen LogP contribution in [0.4, 0.5) is 0 Å². The Balaban J connectivity index is 2.38. The average molecular weight is 266 g/mol. The summed E-state index contributed by atoms with van der Waals surface area (Å²) in [6, 6.07) is 0. The summed E-state index contributed by atoms with van der Waals surface area (Å²) in [4.78, 5) is 4.33. The first-order valence-corrected chi connectivity index (χ1v) is 7.40. The van der Waals surface area contributed by atoms with E-state index in [9.17, 15) is 0 Å². The minimum Gasteiger partial charge on any atom is -0.444 e. The predicted octanol–water partition coefficient (Wildman–Crippen LogP) is 4.04. The molecule has 1 atom stereocenters. The Morgan fingerprint density at radius 3 is 2.53 bits per heavy atom. The Labute approximate surface area is 118 Å². The standard InChI is InChI=1S/C16H30N2O/c1-12(2)9-17-11-15-18-10-14(19-15)7-13(3)8-16(4,5)6/h10,12-13,17H,7-9,11H2,1-6H3. The highest BCUT2D eigenvalue weighted by Gasteiger charge is 2.17. The average Bonchev–Trinajstić information content (AvgIpc) is 2.61. The third-order valence-corrected chi connectivity index (χ3v) is 2.94. The molecule has 1 N–H and O–H groups in total. The van der Waals surface area contributed by atoms with Crippen LogP contribution in [0, 0.1) is 17.3 Å². The number of nitrogens with zero attached hydrogens (tertiary/aromatic N) is 1. The number of hydrogen-bond acceptors (Lipinski definition) is 3. The van der Waals surface area contributed by atoms with Crippen molar-refractivity contribution in [2.75, 3.05) is 6.54 Å². The molecule has 0 radical (unpaired) electrons. The smallest absolute Gasteiger partial charge is 0.208 e. The molecule has 3 heteroatoms. The summed E-state index contributed by atoms with van der Waals surface area (Å²) < 4.78 is 5.78. The summed E-state index contributed by atoms with van der Waals surface area (Å²) in [7, 11) is 0. The SMILES string of the molecule is CC(C)CNCc1ncc(CC(C)CC(C)(C)C)o1. The molecule has 0 saturated heterocycles. The van der Waals surface area contributed by atoms with E-state index in [2.05, 4.69) is 51.8 Å². The van der Waals surface area contributed by atoms with Gasteiger partial charge in [-0.05, 0) is 30.2 Å². The van der Waals surface area contributed by atoms with Crippen molar-refractivity contribution in [2.45, 2.75) is 60.9 Å². The van der Waals surface area contributed by atoms with E-state index in [0.717, 1.165) is 31.2 Å². The summed E-state index contributed by atoms with van der Waals surface area (Å²) in [6.07, 6.45) is 4.06. The lowest BCUT2D eigenvalue weighted by Gasteiger charge is -2.22. The van der Waals surface area contributed by atoms with Gasteiger partial charge in [-0.15, -0.1) is 0 Å². The molecule has 0 aliphatic rings. The van der Waals surface area contributed by atoms with Crippen LogP contribution in [-0.4, -0.2) is 11.5 Å². The predicted molar refractivity (Wildman–Crippen MR) is 80.0 cm³/mol. The Hall–Kier alpha value is -0.830. The van der Waals surface area contributed by atoms with Crippen LogP contribution in [0.25, 0.3) is 0 Å². The Kier molecular flexibility index (Phi) is 6.05. The molecule has 1 aromatic heterocycles. The molecule has 0 saturated carbocycles. The molecule has 1 heterocycles. The van der Waals surface area contributed by atoms with Crippen LogP contribution in [0.3, 0.4) is 0 Å². The van der Waals surface area contributed by atoms with Gasteiger partial charge >= 0.3 is 0 Å². The summed E-state index contributed by atoms with van der Waals surface area (Å²) in [5.41, 5.74) is 0.376. The maximum Gasteiger partial charge on any atom is 0.208 e. The van der Waals surface area contributed by atoms with Gasteiger partial charge in [-0.3, -0.25) is 0 Å². The third kappa shape index (κ3) is 7.36. The van der Waals surface area contributed by atoms with Crippen molar-refractivity contribution in [3.05, 3.63) is 17.8 Å². The maximum absolute atomic E-state index is 5.78. The monoisotopic (exact) mass is 266 g/mol. The lowest BCUT2D eigenvalue weighted by atomic mass is 9.84. The molecule has 19 heavy (non-hydrogen) atoms. The van der Waals surface area contributed by atoms with E-state index in [1.54, 1.807) is 0 Å². The van der Waals surface area contributed by atoms with Crippen molar-refractivity contribution >= 4 is 0 Å². The lowest BCUT2D eigenvalue weighted by molar-refractivity contribution is 0.293. The molecule has 1 aromatic rings. The van der Waals surface area contributed by atoms with Crippen LogP contribution in [0.15, 0.2) is 10.6 Å². The van der Waals surface area contributed by atoms with E-state index in [0.29, 0.717) is 17.3 Å². The van der Waals surface area contributed by atoms with Gasteiger partial charge in [-0.1, -0.05) is 41.5 Å². The van der Waals surface area contributed by atoms with E-state index in [1.165, 1.54) is 6.42 Å². The van der Waals surface area contributed by atoms with Gasteiger partial charge in [0, 0.05) is 6.42 Å². The third-order valence-electron chi connectivity index (χ3n) is 2.94. The zero-order chi connectivity index (χ0) is 14.5. The minimum absolute atomic E-state index is 0.376. The minimum atomic E-state index is 0.376. The van der Waals surface area contributed by atoms with Crippen molar-refractivity contribution in [1.82, 2.24) is 10.3 Å². The first-order valence-electron chi connectivity index (χ1n) is 7.40. The largest absolute Gasteiger partial charge is 0.444 e. The van der Waals surface area contributed by atoms with E-state index < -0.39 is 0 Å². The van der Waals surface area contributed by atoms with Gasteiger partial charge in [0.25, 0.3) is 0 Å². The van der Waals surface area contributed by atoms with Crippen LogP contribution in [0.1, 0.15) is 59.6 Å². The van der Waals surface area contributed by atoms with Gasteiger partial charge in [0.15, 0.2) is 0 Å². The molecule has 0 aromatic carbocycles. The summed E-state index contributed by atoms with van der Waals surface area (Å²) in [5.74, 6) is 3.10. The number of nitrogens with one attached hydrogen (secondary N) is 1. The Morgan fingerprint density at radius 1 is 1.26 bits per heavy atom. The molecule has 0 fully saturated rings. The van der Waals surface area contributed by atoms with Gasteiger partial charge in [0.1, 0.15) is 5.76 Å². The highest BCUT2D eigenvalue weighted by molar-refractivity contribution is 4.95. The van der Waals surface area contributed by atoms with Gasteiger partial charge in [0.05, 0.1) is 12.7 Å². The topological polar surface area (TPSA) is 38.1 Å². The molecule has 0 amide bonds. The zero-order valence-corrected chi connectivity index (χ0v) is 13.4. The zero-order valence-electron chi connectivity index (χ0n) is 13.4. The Bertz CT molecular complexity index is 363. The van der Waals surface area contributed by atoms with Crippen molar-refractivity contribution in [3.63, 3.8) is 0 Å². The first-order chi connectivity index (χ1) is 8.76. The van der Waals surface area contributed by atoms with Crippen LogP contribution in [-0.2, 0) is 13.0 Å². The second-order valence-corrected chi connectivity index (χ2v) is 7.32. The normalized spacial score (nSPS) is 14.1. The number of hydrogen-bond donors (Lipinski definition) is 1. The van der Waals surface area contributed by atoms with Crippen LogP contribution >= 0.6 is 0 Å². The van der Waals surface area contributed by atoms with Crippen molar-refractivity contribution in [1.29, 1.82) is 0 Å². The second kappa shape index (κ2) is 7.09. The first kappa shape index (κ1) is 16.2.